The Morgan fingerprint density at radius 3 is 2.47 bits per heavy atom. The molecule has 1 unspecified atom stereocenters. The van der Waals surface area contributed by atoms with Crippen LogP contribution in [0.4, 0.5) is 14.9 Å². The van der Waals surface area contributed by atoms with Gasteiger partial charge in [0, 0.05) is 31.6 Å². The molecule has 0 aliphatic carbocycles. The second-order valence-corrected chi connectivity index (χ2v) is 13.5. The van der Waals surface area contributed by atoms with Crippen molar-refractivity contribution in [1.82, 2.24) is 19.4 Å². The fraction of sp³-hybridized carbons (Fsp3) is 0.438. The zero-order valence-corrected chi connectivity index (χ0v) is 25.0. The predicted molar refractivity (Wildman–Crippen MR) is 158 cm³/mol. The number of ether oxygens (including phenoxy) is 1. The van der Waals surface area contributed by atoms with Crippen LogP contribution in [0, 0.1) is 11.2 Å². The fourth-order valence-electron chi connectivity index (χ4n) is 7.08. The van der Waals surface area contributed by atoms with E-state index in [4.69, 9.17) is 4.74 Å². The van der Waals surface area contributed by atoms with Crippen LogP contribution < -0.4 is 4.90 Å². The van der Waals surface area contributed by atoms with Crippen LogP contribution in [0.2, 0.25) is 0 Å². The van der Waals surface area contributed by atoms with Gasteiger partial charge >= 0.3 is 187 Å². The summed E-state index contributed by atoms with van der Waals surface area (Å²) in [4.78, 5) is 48.7. The SMILES string of the molecule is [Li][C](=O)C(c1ncn2c1CCC2)N1Cc2c(F)cc(-c3ccc(N4CC5(CN(C(=O)OC(C)(C)C)C5)C4)cc3)cc2C1=O. The van der Waals surface area contributed by atoms with Gasteiger partial charge in [0.05, 0.1) is 0 Å². The van der Waals surface area contributed by atoms with Crippen LogP contribution in [0.5, 0.6) is 0 Å². The molecule has 218 valence electrons. The average Bonchev–Trinajstić information content (AvgIpc) is 3.59. The Bertz CT molecular complexity index is 1650. The maximum absolute atomic E-state index is 15.5. The number of rotatable bonds is 5. The van der Waals surface area contributed by atoms with Gasteiger partial charge in [0.2, 0.25) is 0 Å². The fourth-order valence-corrected chi connectivity index (χ4v) is 7.08. The molecule has 9 nitrogen and oxygen atoms in total. The van der Waals surface area contributed by atoms with E-state index in [1.54, 1.807) is 17.3 Å². The zero-order chi connectivity index (χ0) is 30.3. The number of carbonyl (C=O) groups is 3. The van der Waals surface area contributed by atoms with Crippen LogP contribution in [0.15, 0.2) is 42.7 Å². The molecule has 0 bridgehead atoms. The third-order valence-electron chi connectivity index (χ3n) is 9.08. The van der Waals surface area contributed by atoms with Crippen LogP contribution in [-0.4, -0.2) is 85.3 Å². The Kier molecular flexibility index (Phi) is 6.53. The molecule has 2 aromatic carbocycles. The van der Waals surface area contributed by atoms with Crippen LogP contribution >= 0.6 is 0 Å². The van der Waals surface area contributed by atoms with Gasteiger partial charge in [-0.3, -0.25) is 0 Å². The molecule has 7 rings (SSSR count). The van der Waals surface area contributed by atoms with Crippen molar-refractivity contribution in [2.75, 3.05) is 31.1 Å². The Balaban J connectivity index is 1.04. The molecule has 1 aromatic heterocycles. The van der Waals surface area contributed by atoms with Gasteiger partial charge in [0.15, 0.2) is 0 Å². The summed E-state index contributed by atoms with van der Waals surface area (Å²) in [5.74, 6) is -0.798. The standard InChI is InChI=1S/C32H33FN5O4.Li/c1-31(2,3)42-30(41)37-17-32(18-37)15-36(16-32)22-8-6-20(7-9-22)21-11-23-24(25(33)12-21)13-38(29(23)40)27(14-39)28-26-5-4-10-35(26)19-34-28;/h6-9,11-12,19,27H,4-5,10,13,15-18H2,1-3H3;. The summed E-state index contributed by atoms with van der Waals surface area (Å²) in [5.41, 5.74) is 4.30. The van der Waals surface area contributed by atoms with Gasteiger partial charge in [-0.1, -0.05) is 0 Å². The van der Waals surface area contributed by atoms with Crippen molar-refractivity contribution in [3.8, 4) is 11.1 Å². The Morgan fingerprint density at radius 2 is 1.79 bits per heavy atom. The van der Waals surface area contributed by atoms with E-state index in [2.05, 4.69) is 9.88 Å². The molecule has 3 aromatic rings. The molecule has 4 aliphatic rings. The monoisotopic (exact) mass is 577 g/mol. The number of aryl methyl sites for hydroxylation is 1. The van der Waals surface area contributed by atoms with Gasteiger partial charge in [-0.15, -0.1) is 0 Å². The van der Waals surface area contributed by atoms with Gasteiger partial charge in [0.1, 0.15) is 5.60 Å². The number of fused-ring (bicyclic) bond motifs is 2. The molecule has 0 N–H and O–H groups in total. The van der Waals surface area contributed by atoms with Crippen molar-refractivity contribution in [2.45, 2.75) is 58.3 Å². The molecule has 1 spiro atoms. The molecule has 11 heteroatoms. The quantitative estimate of drug-likeness (QED) is 0.425. The second kappa shape index (κ2) is 9.96. The van der Waals surface area contributed by atoms with Crippen molar-refractivity contribution in [1.29, 1.82) is 0 Å². The van der Waals surface area contributed by atoms with Crippen molar-refractivity contribution >= 4 is 39.9 Å². The first-order valence-corrected chi connectivity index (χ1v) is 14.9. The molecular formula is C32H33FLiN5O4. The van der Waals surface area contributed by atoms with E-state index in [0.29, 0.717) is 35.5 Å². The first kappa shape index (κ1) is 28.2. The van der Waals surface area contributed by atoms with Gasteiger partial charge in [-0.2, -0.15) is 0 Å². The first-order chi connectivity index (χ1) is 20.4. The number of hydrogen-bond donors (Lipinski definition) is 0. The van der Waals surface area contributed by atoms with E-state index in [-0.39, 0.29) is 28.4 Å². The zero-order valence-electron chi connectivity index (χ0n) is 25.0. The Hall–Kier alpha value is -3.61. The predicted octanol–water partition coefficient (Wildman–Crippen LogP) is 4.08. The summed E-state index contributed by atoms with van der Waals surface area (Å²) in [6, 6.07) is 10.3. The summed E-state index contributed by atoms with van der Waals surface area (Å²) in [5, 5.41) is 0. The van der Waals surface area contributed by atoms with Crippen LogP contribution in [0.3, 0.4) is 0 Å². The number of nitrogens with zero attached hydrogens (tertiary/aromatic N) is 5. The summed E-state index contributed by atoms with van der Waals surface area (Å²) in [6.45, 7) is 9.62. The van der Waals surface area contributed by atoms with Crippen molar-refractivity contribution in [3.05, 3.63) is 71.1 Å². The molecule has 1 atom stereocenters. The summed E-state index contributed by atoms with van der Waals surface area (Å²) < 4.78 is 22.8. The third kappa shape index (κ3) is 4.85. The molecule has 43 heavy (non-hydrogen) atoms. The van der Waals surface area contributed by atoms with Crippen molar-refractivity contribution < 1.29 is 23.5 Å². The number of aromatic nitrogens is 2. The number of hydrogen-bond acceptors (Lipinski definition) is 6. The van der Waals surface area contributed by atoms with E-state index < -0.39 is 17.5 Å². The van der Waals surface area contributed by atoms with Crippen LogP contribution in [-0.2, 0) is 29.0 Å². The van der Waals surface area contributed by atoms with Crippen LogP contribution in [0.25, 0.3) is 11.1 Å². The molecule has 2 amide bonds. The van der Waals surface area contributed by atoms with Gasteiger partial charge in [-0.05, 0) is 20.8 Å². The van der Waals surface area contributed by atoms with Gasteiger partial charge < -0.3 is 9.64 Å². The Labute approximate surface area is 259 Å². The number of likely N-dealkylation sites (tertiary alicyclic amines) is 1. The van der Waals surface area contributed by atoms with Gasteiger partial charge in [0.25, 0.3) is 0 Å². The maximum atomic E-state index is 15.5. The van der Waals surface area contributed by atoms with Crippen LogP contribution in [0.1, 0.15) is 60.5 Å². The van der Waals surface area contributed by atoms with E-state index in [1.807, 2.05) is 49.6 Å². The normalized spacial score (nSPS) is 19.2. The summed E-state index contributed by atoms with van der Waals surface area (Å²) >= 11 is 1.47. The van der Waals surface area contributed by atoms with E-state index >= 15 is 4.39 Å². The number of benzene rings is 2. The average molecular weight is 578 g/mol. The van der Waals surface area contributed by atoms with Crippen molar-refractivity contribution in [2.24, 2.45) is 5.41 Å². The molecule has 0 saturated carbocycles. The third-order valence-corrected chi connectivity index (χ3v) is 9.08. The molecule has 0 radical (unpaired) electrons. The van der Waals surface area contributed by atoms with Crippen molar-refractivity contribution in [3.63, 3.8) is 0 Å². The number of imidazole rings is 1. The first-order valence-electron chi connectivity index (χ1n) is 14.9. The van der Waals surface area contributed by atoms with E-state index in [9.17, 15) is 14.4 Å². The molecule has 5 heterocycles. The summed E-state index contributed by atoms with van der Waals surface area (Å²) in [7, 11) is 0. The van der Waals surface area contributed by atoms with E-state index in [1.165, 1.54) is 28.7 Å². The Morgan fingerprint density at radius 1 is 1.07 bits per heavy atom. The minimum atomic E-state index is -0.830. The number of amides is 2. The molecular weight excluding hydrogens is 544 g/mol. The van der Waals surface area contributed by atoms with E-state index in [0.717, 1.165) is 49.4 Å². The topological polar surface area (TPSA) is 88.0 Å². The summed E-state index contributed by atoms with van der Waals surface area (Å²) in [6.07, 6.45) is 3.26. The molecule has 2 fully saturated rings. The van der Waals surface area contributed by atoms with Gasteiger partial charge in [-0.25, -0.2) is 4.79 Å². The second-order valence-electron chi connectivity index (χ2n) is 13.5. The molecule has 4 aliphatic heterocycles. The molecule has 2 saturated heterocycles. The number of carbonyl (C=O) groups excluding carboxylic acids is 3. The number of anilines is 1. The minimum absolute atomic E-state index is 0.0395. The number of halogens is 1.